The molecule has 0 saturated carbocycles. The molecule has 27 heavy (non-hydrogen) atoms. The minimum absolute atomic E-state index is 0.0941. The Morgan fingerprint density at radius 2 is 2.15 bits per heavy atom. The van der Waals surface area contributed by atoms with E-state index in [4.69, 9.17) is 16.3 Å². The SMILES string of the molecule is CC(C)(C)OC(=O)N[C@@H](Cc1ccc(N=c2ssnc2Cl)c(Br)c1)C(=O)O. The molecule has 2 rings (SSSR count). The molecule has 0 radical (unpaired) electrons. The van der Waals surface area contributed by atoms with Gasteiger partial charge in [-0.2, -0.15) is 4.37 Å². The van der Waals surface area contributed by atoms with E-state index in [2.05, 4.69) is 30.6 Å². The number of hydrogen-bond acceptors (Lipinski definition) is 7. The van der Waals surface area contributed by atoms with Crippen LogP contribution in [0.4, 0.5) is 10.5 Å². The summed E-state index contributed by atoms with van der Waals surface area (Å²) in [6.07, 6.45) is -0.682. The molecule has 11 heteroatoms. The second-order valence-corrected chi connectivity index (χ2v) is 9.53. The predicted molar refractivity (Wildman–Crippen MR) is 109 cm³/mol. The molecular weight excluding hydrogens is 478 g/mol. The van der Waals surface area contributed by atoms with Crippen molar-refractivity contribution in [1.29, 1.82) is 0 Å². The first-order chi connectivity index (χ1) is 12.5. The van der Waals surface area contributed by atoms with Gasteiger partial charge in [0.15, 0.2) is 9.82 Å². The molecule has 1 amide bonds. The highest BCUT2D eigenvalue weighted by molar-refractivity contribution is 9.10. The Hall–Kier alpha value is -1.49. The molecule has 0 spiro atoms. The third-order valence-electron chi connectivity index (χ3n) is 3.07. The van der Waals surface area contributed by atoms with E-state index < -0.39 is 23.7 Å². The van der Waals surface area contributed by atoms with E-state index >= 15 is 0 Å². The number of benzene rings is 1. The van der Waals surface area contributed by atoms with Crippen LogP contribution in [0, 0.1) is 0 Å². The molecule has 0 aliphatic carbocycles. The smallest absolute Gasteiger partial charge is 0.408 e. The van der Waals surface area contributed by atoms with Crippen molar-refractivity contribution < 1.29 is 19.4 Å². The number of carbonyl (C=O) groups is 2. The van der Waals surface area contributed by atoms with Gasteiger partial charge in [-0.05, 0) is 64.7 Å². The molecule has 0 aliphatic rings. The standard InChI is InChI=1S/C16H17BrClN3O4S2/c1-16(2,3)25-15(24)20-11(14(22)23)7-8-4-5-10(9(17)6-8)19-13-12(18)21-27-26-13/h4-6,11H,7H2,1-3H3,(H,20,24)(H,22,23)/t11-/m0/s1. The van der Waals surface area contributed by atoms with Gasteiger partial charge in [-0.25, -0.2) is 14.6 Å². The van der Waals surface area contributed by atoms with Crippen molar-refractivity contribution in [1.82, 2.24) is 9.69 Å². The molecule has 0 unspecified atom stereocenters. The fourth-order valence-corrected chi connectivity index (χ4v) is 4.49. The van der Waals surface area contributed by atoms with E-state index in [1.165, 1.54) is 20.9 Å². The topological polar surface area (TPSA) is 101 Å². The lowest BCUT2D eigenvalue weighted by atomic mass is 10.1. The van der Waals surface area contributed by atoms with Gasteiger partial charge in [0.1, 0.15) is 11.6 Å². The van der Waals surface area contributed by atoms with Gasteiger partial charge in [0.25, 0.3) is 0 Å². The molecule has 0 saturated heterocycles. The van der Waals surface area contributed by atoms with Crippen LogP contribution in [0.5, 0.6) is 0 Å². The Morgan fingerprint density at radius 1 is 1.44 bits per heavy atom. The van der Waals surface area contributed by atoms with Crippen molar-refractivity contribution in [3.05, 3.63) is 38.1 Å². The molecule has 1 aromatic carbocycles. The van der Waals surface area contributed by atoms with Crippen molar-refractivity contribution in [3.63, 3.8) is 0 Å². The maximum absolute atomic E-state index is 11.9. The van der Waals surface area contributed by atoms with Gasteiger partial charge in [0.2, 0.25) is 0 Å². The summed E-state index contributed by atoms with van der Waals surface area (Å²) in [6, 6.07) is 4.12. The molecule has 0 fully saturated rings. The molecule has 2 aromatic rings. The number of hydrogen-bond donors (Lipinski definition) is 2. The first-order valence-corrected chi connectivity index (χ1v) is 11.0. The second-order valence-electron chi connectivity index (χ2n) is 6.48. The van der Waals surface area contributed by atoms with Crippen LogP contribution in [0.3, 0.4) is 0 Å². The number of carbonyl (C=O) groups excluding carboxylic acids is 1. The van der Waals surface area contributed by atoms with Crippen LogP contribution in [0.15, 0.2) is 27.7 Å². The summed E-state index contributed by atoms with van der Waals surface area (Å²) < 4.78 is 10.4. The zero-order chi connectivity index (χ0) is 20.2. The van der Waals surface area contributed by atoms with Crippen LogP contribution in [0.1, 0.15) is 26.3 Å². The summed E-state index contributed by atoms with van der Waals surface area (Å²) in [4.78, 5) is 27.8. The Bertz CT molecular complexity index is 908. The Labute approximate surface area is 176 Å². The van der Waals surface area contributed by atoms with Gasteiger partial charge < -0.3 is 15.2 Å². The molecule has 7 nitrogen and oxygen atoms in total. The van der Waals surface area contributed by atoms with E-state index in [9.17, 15) is 14.7 Å². The number of ether oxygens (including phenoxy) is 1. The number of amides is 1. The van der Waals surface area contributed by atoms with Gasteiger partial charge in [0.05, 0.1) is 5.69 Å². The summed E-state index contributed by atoms with van der Waals surface area (Å²) >= 11 is 9.38. The highest BCUT2D eigenvalue weighted by Crippen LogP contribution is 2.27. The van der Waals surface area contributed by atoms with Crippen LogP contribution < -0.4 is 9.99 Å². The van der Waals surface area contributed by atoms with Crippen molar-refractivity contribution in [2.45, 2.75) is 38.8 Å². The molecule has 146 valence electrons. The van der Waals surface area contributed by atoms with E-state index in [-0.39, 0.29) is 6.42 Å². The van der Waals surface area contributed by atoms with Crippen molar-refractivity contribution in [2.75, 3.05) is 0 Å². The van der Waals surface area contributed by atoms with Crippen molar-refractivity contribution >= 4 is 66.2 Å². The monoisotopic (exact) mass is 493 g/mol. The summed E-state index contributed by atoms with van der Waals surface area (Å²) in [7, 11) is 2.60. The van der Waals surface area contributed by atoms with E-state index in [1.54, 1.807) is 39.0 Å². The Morgan fingerprint density at radius 3 is 2.67 bits per heavy atom. The number of carboxylic acid groups (broad SMARTS) is 1. The maximum Gasteiger partial charge on any atom is 0.408 e. The molecule has 1 atom stereocenters. The van der Waals surface area contributed by atoms with Crippen LogP contribution in [-0.2, 0) is 16.0 Å². The third kappa shape index (κ3) is 6.87. The van der Waals surface area contributed by atoms with E-state index in [0.29, 0.717) is 25.5 Å². The normalized spacial score (nSPS) is 13.3. The maximum atomic E-state index is 11.9. The number of aromatic nitrogens is 1. The number of nitrogens with zero attached hydrogens (tertiary/aromatic N) is 2. The van der Waals surface area contributed by atoms with E-state index in [1.807, 2.05) is 0 Å². The van der Waals surface area contributed by atoms with Gasteiger partial charge >= 0.3 is 12.1 Å². The summed E-state index contributed by atoms with van der Waals surface area (Å²) in [5, 5.41) is 12.1. The van der Waals surface area contributed by atoms with Gasteiger partial charge in [-0.1, -0.05) is 17.7 Å². The highest BCUT2D eigenvalue weighted by atomic mass is 79.9. The lowest BCUT2D eigenvalue weighted by Crippen LogP contribution is -2.44. The molecule has 2 N–H and O–H groups in total. The number of rotatable bonds is 5. The number of carboxylic acids is 1. The number of alkyl carbamates (subject to hydrolysis) is 1. The number of nitrogens with one attached hydrogen (secondary N) is 1. The highest BCUT2D eigenvalue weighted by Gasteiger charge is 2.24. The molecular formula is C16H17BrClN3O4S2. The predicted octanol–water partition coefficient (Wildman–Crippen LogP) is 4.37. The van der Waals surface area contributed by atoms with Crippen LogP contribution in [-0.4, -0.2) is 33.2 Å². The first-order valence-electron chi connectivity index (χ1n) is 7.72. The van der Waals surface area contributed by atoms with Crippen LogP contribution >= 0.6 is 48.4 Å². The summed E-state index contributed by atoms with van der Waals surface area (Å²) in [5.41, 5.74) is 0.643. The number of aliphatic carboxylic acids is 1. The van der Waals surface area contributed by atoms with Gasteiger partial charge in [-0.15, -0.1) is 0 Å². The average Bonchev–Trinajstić information content (AvgIpc) is 2.92. The summed E-state index contributed by atoms with van der Waals surface area (Å²) in [5.74, 6) is -1.15. The minimum atomic E-state index is -1.15. The summed E-state index contributed by atoms with van der Waals surface area (Å²) in [6.45, 7) is 5.12. The lowest BCUT2D eigenvalue weighted by Gasteiger charge is -2.22. The van der Waals surface area contributed by atoms with Crippen molar-refractivity contribution in [3.8, 4) is 0 Å². The lowest BCUT2D eigenvalue weighted by molar-refractivity contribution is -0.139. The fourth-order valence-electron chi connectivity index (χ4n) is 1.99. The molecule has 0 aliphatic heterocycles. The van der Waals surface area contributed by atoms with Crippen molar-refractivity contribution in [2.24, 2.45) is 4.99 Å². The average molecular weight is 495 g/mol. The Balaban J connectivity index is 2.15. The third-order valence-corrected chi connectivity index (χ3v) is 5.88. The molecule has 1 heterocycles. The first kappa shape index (κ1) is 21.8. The zero-order valence-electron chi connectivity index (χ0n) is 14.7. The van der Waals surface area contributed by atoms with Crippen LogP contribution in [0.25, 0.3) is 0 Å². The van der Waals surface area contributed by atoms with Gasteiger partial charge in [-0.3, -0.25) is 0 Å². The van der Waals surface area contributed by atoms with Crippen LogP contribution in [0.2, 0.25) is 5.15 Å². The second kappa shape index (κ2) is 9.13. The van der Waals surface area contributed by atoms with E-state index in [0.717, 1.165) is 0 Å². The quantitative estimate of drug-likeness (QED) is 0.601. The molecule has 1 aromatic heterocycles. The van der Waals surface area contributed by atoms with Gasteiger partial charge in [0, 0.05) is 21.4 Å². The molecule has 0 bridgehead atoms. The Kier molecular flexibility index (Phi) is 7.38. The largest absolute Gasteiger partial charge is 0.480 e. The fraction of sp³-hybridized carbons (Fsp3) is 0.375. The number of halogens is 2. The minimum Gasteiger partial charge on any atom is -0.480 e. The zero-order valence-corrected chi connectivity index (χ0v) is 18.6.